The van der Waals surface area contributed by atoms with Crippen LogP contribution < -0.4 is 5.32 Å². The fourth-order valence-electron chi connectivity index (χ4n) is 3.72. The molecule has 108 valence electrons. The molecule has 3 nitrogen and oxygen atoms in total. The minimum Gasteiger partial charge on any atom is -0.308 e. The van der Waals surface area contributed by atoms with E-state index < -0.39 is 0 Å². The van der Waals surface area contributed by atoms with Crippen molar-refractivity contribution in [1.29, 1.82) is 0 Å². The van der Waals surface area contributed by atoms with Gasteiger partial charge in [0, 0.05) is 18.8 Å². The lowest BCUT2D eigenvalue weighted by molar-refractivity contribution is 0.343. The number of hydrogen-bond acceptors (Lipinski definition) is 2. The highest BCUT2D eigenvalue weighted by molar-refractivity contribution is 5.42. The van der Waals surface area contributed by atoms with Crippen LogP contribution >= 0.6 is 0 Å². The number of pyridine rings is 1. The first-order chi connectivity index (χ1) is 9.70. The van der Waals surface area contributed by atoms with Gasteiger partial charge in [-0.05, 0) is 43.7 Å². The minimum atomic E-state index is 0.661. The number of aryl methyl sites for hydroxylation is 1. The van der Waals surface area contributed by atoms with Crippen LogP contribution in [0.3, 0.4) is 0 Å². The highest BCUT2D eigenvalue weighted by Crippen LogP contribution is 2.34. The fourth-order valence-corrected chi connectivity index (χ4v) is 3.72. The number of rotatable bonds is 4. The highest BCUT2D eigenvalue weighted by atomic mass is 15.1. The smallest absolute Gasteiger partial charge is 0.137 e. The van der Waals surface area contributed by atoms with E-state index in [0.717, 1.165) is 29.7 Å². The van der Waals surface area contributed by atoms with Crippen molar-refractivity contribution in [2.24, 2.45) is 11.8 Å². The van der Waals surface area contributed by atoms with Gasteiger partial charge >= 0.3 is 0 Å². The molecule has 1 aliphatic rings. The van der Waals surface area contributed by atoms with Crippen LogP contribution in [0.25, 0.3) is 5.65 Å². The number of nitrogens with zero attached hydrogens (tertiary/aromatic N) is 2. The summed E-state index contributed by atoms with van der Waals surface area (Å²) in [7, 11) is 0. The summed E-state index contributed by atoms with van der Waals surface area (Å²) >= 11 is 0. The molecule has 0 bridgehead atoms. The molecule has 1 saturated carbocycles. The summed E-state index contributed by atoms with van der Waals surface area (Å²) < 4.78 is 2.21. The third kappa shape index (κ3) is 2.35. The molecule has 1 aliphatic carbocycles. The summed E-state index contributed by atoms with van der Waals surface area (Å²) in [5, 5.41) is 3.77. The van der Waals surface area contributed by atoms with Gasteiger partial charge in [-0.2, -0.15) is 0 Å². The molecule has 0 spiro atoms. The van der Waals surface area contributed by atoms with Gasteiger partial charge in [0.15, 0.2) is 0 Å². The van der Waals surface area contributed by atoms with Gasteiger partial charge in [-0.15, -0.1) is 0 Å². The van der Waals surface area contributed by atoms with Gasteiger partial charge < -0.3 is 9.72 Å². The van der Waals surface area contributed by atoms with E-state index in [1.165, 1.54) is 25.0 Å². The summed E-state index contributed by atoms with van der Waals surface area (Å²) in [6, 6.07) is 6.85. The summed E-state index contributed by atoms with van der Waals surface area (Å²) in [6.45, 7) is 7.75. The van der Waals surface area contributed by atoms with E-state index in [0.29, 0.717) is 6.04 Å². The molecular weight excluding hydrogens is 246 g/mol. The summed E-state index contributed by atoms with van der Waals surface area (Å²) in [6.07, 6.45) is 6.12. The van der Waals surface area contributed by atoms with E-state index in [1.54, 1.807) is 0 Å². The molecule has 3 rings (SSSR count). The normalized spacial score (nSPS) is 26.4. The van der Waals surface area contributed by atoms with Crippen LogP contribution in [0, 0.1) is 18.8 Å². The molecule has 2 aromatic heterocycles. The zero-order valence-electron chi connectivity index (χ0n) is 12.8. The van der Waals surface area contributed by atoms with Crippen LogP contribution in [-0.4, -0.2) is 15.4 Å². The van der Waals surface area contributed by atoms with E-state index in [9.17, 15) is 0 Å². The van der Waals surface area contributed by atoms with Crippen LogP contribution in [0.5, 0.6) is 0 Å². The van der Waals surface area contributed by atoms with Crippen LogP contribution in [0.2, 0.25) is 0 Å². The Morgan fingerprint density at radius 3 is 2.95 bits per heavy atom. The van der Waals surface area contributed by atoms with Crippen molar-refractivity contribution in [3.8, 4) is 0 Å². The van der Waals surface area contributed by atoms with Gasteiger partial charge in [-0.25, -0.2) is 4.98 Å². The lowest BCUT2D eigenvalue weighted by Crippen LogP contribution is -2.32. The lowest BCUT2D eigenvalue weighted by atomic mass is 9.93. The second-order valence-corrected chi connectivity index (χ2v) is 6.16. The predicted molar refractivity (Wildman–Crippen MR) is 82.7 cm³/mol. The molecule has 20 heavy (non-hydrogen) atoms. The molecule has 2 heterocycles. The first kappa shape index (κ1) is 13.6. The summed E-state index contributed by atoms with van der Waals surface area (Å²) in [5.41, 5.74) is 3.49. The average molecular weight is 271 g/mol. The van der Waals surface area contributed by atoms with Crippen molar-refractivity contribution < 1.29 is 0 Å². The van der Waals surface area contributed by atoms with Gasteiger partial charge in [0.1, 0.15) is 5.65 Å². The molecule has 3 atom stereocenters. The maximum Gasteiger partial charge on any atom is 0.137 e. The molecule has 1 fully saturated rings. The van der Waals surface area contributed by atoms with E-state index in [-0.39, 0.29) is 0 Å². The van der Waals surface area contributed by atoms with Crippen LogP contribution in [0.4, 0.5) is 0 Å². The Bertz CT molecular complexity index is 587. The Balaban J connectivity index is 1.73. The second kappa shape index (κ2) is 5.57. The Morgan fingerprint density at radius 2 is 2.20 bits per heavy atom. The maximum absolute atomic E-state index is 4.63. The van der Waals surface area contributed by atoms with E-state index >= 15 is 0 Å². The molecule has 0 amide bonds. The number of nitrogens with one attached hydrogen (secondary N) is 1. The largest absolute Gasteiger partial charge is 0.308 e. The Morgan fingerprint density at radius 1 is 1.35 bits per heavy atom. The molecule has 0 radical (unpaired) electrons. The fraction of sp³-hybridized carbons (Fsp3) is 0.588. The van der Waals surface area contributed by atoms with Gasteiger partial charge in [0.05, 0.1) is 11.4 Å². The molecule has 3 heteroatoms. The monoisotopic (exact) mass is 271 g/mol. The number of hydrogen-bond donors (Lipinski definition) is 1. The first-order valence-electron chi connectivity index (χ1n) is 7.86. The highest BCUT2D eigenvalue weighted by Gasteiger charge is 2.31. The number of aromatic nitrogens is 2. The van der Waals surface area contributed by atoms with Crippen molar-refractivity contribution in [2.75, 3.05) is 0 Å². The minimum absolute atomic E-state index is 0.661. The third-order valence-corrected chi connectivity index (χ3v) is 5.11. The molecule has 1 N–H and O–H groups in total. The van der Waals surface area contributed by atoms with Gasteiger partial charge in [0.25, 0.3) is 0 Å². The van der Waals surface area contributed by atoms with E-state index in [4.69, 9.17) is 0 Å². The Labute approximate surface area is 121 Å². The average Bonchev–Trinajstić information content (AvgIpc) is 2.96. The molecule has 0 saturated heterocycles. The predicted octanol–water partition coefficient (Wildman–Crippen LogP) is 3.56. The van der Waals surface area contributed by atoms with Gasteiger partial charge in [-0.1, -0.05) is 26.3 Å². The standard InChI is InChI=1S/C17H25N3/c1-4-14-8-9-15(12(14)2)18-11-16-13(3)19-17-7-5-6-10-20(16)17/h5-7,10,12,14-15,18H,4,8-9,11H2,1-3H3. The van der Waals surface area contributed by atoms with Crippen LogP contribution in [0.1, 0.15) is 44.5 Å². The van der Waals surface area contributed by atoms with Crippen molar-refractivity contribution in [3.05, 3.63) is 35.8 Å². The van der Waals surface area contributed by atoms with E-state index in [2.05, 4.69) is 53.8 Å². The van der Waals surface area contributed by atoms with E-state index in [1.807, 2.05) is 6.07 Å². The van der Waals surface area contributed by atoms with Crippen LogP contribution in [0.15, 0.2) is 24.4 Å². The van der Waals surface area contributed by atoms with Crippen molar-refractivity contribution >= 4 is 5.65 Å². The first-order valence-corrected chi connectivity index (χ1v) is 7.86. The van der Waals surface area contributed by atoms with Crippen molar-refractivity contribution in [1.82, 2.24) is 14.7 Å². The number of fused-ring (bicyclic) bond motifs is 1. The summed E-state index contributed by atoms with van der Waals surface area (Å²) in [4.78, 5) is 4.63. The van der Waals surface area contributed by atoms with Crippen molar-refractivity contribution in [3.63, 3.8) is 0 Å². The second-order valence-electron chi connectivity index (χ2n) is 6.16. The van der Waals surface area contributed by atoms with Crippen molar-refractivity contribution in [2.45, 2.75) is 52.6 Å². The summed E-state index contributed by atoms with van der Waals surface area (Å²) in [5.74, 6) is 1.69. The molecule has 2 aromatic rings. The zero-order valence-corrected chi connectivity index (χ0v) is 12.8. The topological polar surface area (TPSA) is 29.3 Å². The third-order valence-electron chi connectivity index (χ3n) is 5.11. The zero-order chi connectivity index (χ0) is 14.1. The maximum atomic E-state index is 4.63. The van der Waals surface area contributed by atoms with Gasteiger partial charge in [-0.3, -0.25) is 0 Å². The Hall–Kier alpha value is -1.35. The molecule has 3 unspecified atom stereocenters. The SMILES string of the molecule is CCC1CCC(NCc2c(C)nc3ccccn23)C1C. The lowest BCUT2D eigenvalue weighted by Gasteiger charge is -2.21. The molecule has 0 aliphatic heterocycles. The molecular formula is C17H25N3. The molecule has 0 aromatic carbocycles. The van der Waals surface area contributed by atoms with Gasteiger partial charge in [0.2, 0.25) is 0 Å². The Kier molecular flexibility index (Phi) is 3.79. The van der Waals surface area contributed by atoms with Crippen LogP contribution in [-0.2, 0) is 6.54 Å². The number of imidazole rings is 1. The quantitative estimate of drug-likeness (QED) is 0.921.